The van der Waals surface area contributed by atoms with Crippen LogP contribution >= 0.6 is 11.6 Å². The van der Waals surface area contributed by atoms with Crippen LogP contribution in [0.4, 0.5) is 15.8 Å². The monoisotopic (exact) mass is 276 g/mol. The quantitative estimate of drug-likeness (QED) is 0.849. The van der Waals surface area contributed by atoms with Gasteiger partial charge in [0.1, 0.15) is 5.82 Å². The van der Waals surface area contributed by atoms with Crippen molar-refractivity contribution in [3.05, 3.63) is 58.4 Å². The maximum atomic E-state index is 13.3. The standard InChI is InChI=1S/C15H14ClFN2/c16-14-4-3-13(18)7-11(14)9-19-6-5-10-1-2-12(17)8-15(10)19/h1-4,7-8H,5-6,9,18H2. The smallest absolute Gasteiger partial charge is 0.125 e. The molecular formula is C15H14ClFN2. The van der Waals surface area contributed by atoms with Crippen LogP contribution in [0, 0.1) is 5.82 Å². The van der Waals surface area contributed by atoms with E-state index in [4.69, 9.17) is 17.3 Å². The topological polar surface area (TPSA) is 29.3 Å². The number of fused-ring (bicyclic) bond motifs is 1. The zero-order valence-corrected chi connectivity index (χ0v) is 11.1. The predicted octanol–water partition coefficient (Wildman–Crippen LogP) is 3.62. The first-order chi connectivity index (χ1) is 9.13. The van der Waals surface area contributed by atoms with Gasteiger partial charge in [-0.3, -0.25) is 0 Å². The molecule has 98 valence electrons. The van der Waals surface area contributed by atoms with Crippen LogP contribution in [0.15, 0.2) is 36.4 Å². The third kappa shape index (κ3) is 2.38. The molecule has 4 heteroatoms. The van der Waals surface area contributed by atoms with Gasteiger partial charge in [0.2, 0.25) is 0 Å². The van der Waals surface area contributed by atoms with Crippen molar-refractivity contribution < 1.29 is 4.39 Å². The minimum atomic E-state index is -0.204. The van der Waals surface area contributed by atoms with Crippen molar-refractivity contribution in [2.24, 2.45) is 0 Å². The van der Waals surface area contributed by atoms with Crippen LogP contribution in [0.5, 0.6) is 0 Å². The fourth-order valence-electron chi connectivity index (χ4n) is 2.50. The number of nitrogens with two attached hydrogens (primary N) is 1. The van der Waals surface area contributed by atoms with Crippen molar-refractivity contribution in [2.45, 2.75) is 13.0 Å². The predicted molar refractivity (Wildman–Crippen MR) is 77.0 cm³/mol. The molecule has 1 heterocycles. The fourth-order valence-corrected chi connectivity index (χ4v) is 2.68. The number of rotatable bonds is 2. The molecule has 0 unspecified atom stereocenters. The Morgan fingerprint density at radius 2 is 2.05 bits per heavy atom. The number of nitrogen functional groups attached to an aromatic ring is 1. The van der Waals surface area contributed by atoms with Crippen molar-refractivity contribution in [1.29, 1.82) is 0 Å². The summed E-state index contributed by atoms with van der Waals surface area (Å²) >= 11 is 6.18. The maximum absolute atomic E-state index is 13.3. The summed E-state index contributed by atoms with van der Waals surface area (Å²) in [6, 6.07) is 10.4. The van der Waals surface area contributed by atoms with Gasteiger partial charge < -0.3 is 10.6 Å². The Morgan fingerprint density at radius 3 is 2.89 bits per heavy atom. The number of hydrogen-bond acceptors (Lipinski definition) is 2. The van der Waals surface area contributed by atoms with E-state index >= 15 is 0 Å². The molecule has 0 spiro atoms. The zero-order chi connectivity index (χ0) is 13.4. The third-order valence-electron chi connectivity index (χ3n) is 3.47. The largest absolute Gasteiger partial charge is 0.399 e. The van der Waals surface area contributed by atoms with Crippen LogP contribution in [0.25, 0.3) is 0 Å². The van der Waals surface area contributed by atoms with E-state index in [0.717, 1.165) is 24.2 Å². The van der Waals surface area contributed by atoms with Gasteiger partial charge in [-0.2, -0.15) is 0 Å². The highest BCUT2D eigenvalue weighted by Gasteiger charge is 2.20. The van der Waals surface area contributed by atoms with E-state index in [-0.39, 0.29) is 5.82 Å². The molecule has 2 aromatic rings. The lowest BCUT2D eigenvalue weighted by molar-refractivity contribution is 0.627. The second-order valence-corrected chi connectivity index (χ2v) is 5.20. The van der Waals surface area contributed by atoms with Crippen molar-refractivity contribution in [2.75, 3.05) is 17.2 Å². The van der Waals surface area contributed by atoms with Crippen molar-refractivity contribution in [1.82, 2.24) is 0 Å². The molecule has 0 atom stereocenters. The fraction of sp³-hybridized carbons (Fsp3) is 0.200. The van der Waals surface area contributed by atoms with E-state index in [2.05, 4.69) is 4.90 Å². The number of halogens is 2. The first-order valence-electron chi connectivity index (χ1n) is 6.21. The van der Waals surface area contributed by atoms with E-state index in [1.807, 2.05) is 12.1 Å². The number of hydrogen-bond donors (Lipinski definition) is 1. The highest BCUT2D eigenvalue weighted by atomic mass is 35.5. The number of nitrogens with zero attached hydrogens (tertiary/aromatic N) is 1. The lowest BCUT2D eigenvalue weighted by Crippen LogP contribution is -2.20. The molecule has 0 amide bonds. The highest BCUT2D eigenvalue weighted by Crippen LogP contribution is 2.31. The summed E-state index contributed by atoms with van der Waals surface area (Å²) in [4.78, 5) is 2.14. The average molecular weight is 277 g/mol. The molecule has 0 aromatic heterocycles. The van der Waals surface area contributed by atoms with Gasteiger partial charge in [-0.25, -0.2) is 4.39 Å². The Balaban J connectivity index is 1.90. The van der Waals surface area contributed by atoms with Gasteiger partial charge in [0.25, 0.3) is 0 Å². The minimum Gasteiger partial charge on any atom is -0.399 e. The van der Waals surface area contributed by atoms with Crippen molar-refractivity contribution in [3.63, 3.8) is 0 Å². The van der Waals surface area contributed by atoms with E-state index < -0.39 is 0 Å². The molecule has 0 fully saturated rings. The molecule has 3 rings (SSSR count). The normalized spacial score (nSPS) is 13.7. The molecule has 0 bridgehead atoms. The Kier molecular flexibility index (Phi) is 3.07. The maximum Gasteiger partial charge on any atom is 0.125 e. The lowest BCUT2D eigenvalue weighted by atomic mass is 10.1. The van der Waals surface area contributed by atoms with Gasteiger partial charge in [-0.15, -0.1) is 0 Å². The van der Waals surface area contributed by atoms with Crippen LogP contribution < -0.4 is 10.6 Å². The Morgan fingerprint density at radius 1 is 1.21 bits per heavy atom. The summed E-state index contributed by atoms with van der Waals surface area (Å²) in [6.45, 7) is 1.53. The van der Waals surface area contributed by atoms with E-state index in [9.17, 15) is 4.39 Å². The summed E-state index contributed by atoms with van der Waals surface area (Å²) in [6.07, 6.45) is 0.940. The molecule has 2 aromatic carbocycles. The Bertz CT molecular complexity index is 628. The minimum absolute atomic E-state index is 0.204. The second-order valence-electron chi connectivity index (χ2n) is 4.80. The second kappa shape index (κ2) is 4.74. The first-order valence-corrected chi connectivity index (χ1v) is 6.58. The summed E-state index contributed by atoms with van der Waals surface area (Å²) in [5, 5.41) is 0.694. The molecule has 0 aliphatic carbocycles. The van der Waals surface area contributed by atoms with Crippen molar-refractivity contribution in [3.8, 4) is 0 Å². The zero-order valence-electron chi connectivity index (χ0n) is 10.4. The Hall–Kier alpha value is -1.74. The SMILES string of the molecule is Nc1ccc(Cl)c(CN2CCc3ccc(F)cc32)c1. The van der Waals surface area contributed by atoms with Gasteiger partial charge in [0.15, 0.2) is 0 Å². The summed E-state index contributed by atoms with van der Waals surface area (Å²) < 4.78 is 13.3. The highest BCUT2D eigenvalue weighted by molar-refractivity contribution is 6.31. The van der Waals surface area contributed by atoms with Crippen molar-refractivity contribution >= 4 is 23.0 Å². The summed E-state index contributed by atoms with van der Waals surface area (Å²) in [5.74, 6) is -0.204. The molecule has 1 aliphatic heterocycles. The van der Waals surface area contributed by atoms with E-state index in [0.29, 0.717) is 17.3 Å². The molecular weight excluding hydrogens is 263 g/mol. The molecule has 19 heavy (non-hydrogen) atoms. The number of benzene rings is 2. The molecule has 1 aliphatic rings. The molecule has 2 N–H and O–H groups in total. The summed E-state index contributed by atoms with van der Waals surface area (Å²) in [5.41, 5.74) is 9.59. The van der Waals surface area contributed by atoms with Gasteiger partial charge in [0.05, 0.1) is 0 Å². The van der Waals surface area contributed by atoms with Gasteiger partial charge in [-0.05, 0) is 47.9 Å². The van der Waals surface area contributed by atoms with Crippen LogP contribution in [-0.4, -0.2) is 6.54 Å². The third-order valence-corrected chi connectivity index (χ3v) is 3.84. The van der Waals surface area contributed by atoms with Crippen LogP contribution in [0.2, 0.25) is 5.02 Å². The van der Waals surface area contributed by atoms with Crippen LogP contribution in [0.1, 0.15) is 11.1 Å². The van der Waals surface area contributed by atoms with Crippen LogP contribution in [-0.2, 0) is 13.0 Å². The molecule has 0 radical (unpaired) electrons. The Labute approximate surface area is 116 Å². The molecule has 0 saturated heterocycles. The van der Waals surface area contributed by atoms with Gasteiger partial charge >= 0.3 is 0 Å². The number of anilines is 2. The average Bonchev–Trinajstić information content (AvgIpc) is 2.77. The van der Waals surface area contributed by atoms with Gasteiger partial charge in [0, 0.05) is 29.5 Å². The van der Waals surface area contributed by atoms with Gasteiger partial charge in [-0.1, -0.05) is 17.7 Å². The van der Waals surface area contributed by atoms with E-state index in [1.165, 1.54) is 11.6 Å². The lowest BCUT2D eigenvalue weighted by Gasteiger charge is -2.20. The van der Waals surface area contributed by atoms with Crippen LogP contribution in [0.3, 0.4) is 0 Å². The van der Waals surface area contributed by atoms with E-state index in [1.54, 1.807) is 18.2 Å². The molecule has 0 saturated carbocycles. The first kappa shape index (κ1) is 12.3. The molecule has 2 nitrogen and oxygen atoms in total. The summed E-state index contributed by atoms with van der Waals surface area (Å²) in [7, 11) is 0.